The topological polar surface area (TPSA) is 85.4 Å². The van der Waals surface area contributed by atoms with Gasteiger partial charge in [-0.25, -0.2) is 9.78 Å². The molecule has 1 atom stereocenters. The van der Waals surface area contributed by atoms with Gasteiger partial charge in [0.2, 0.25) is 0 Å². The van der Waals surface area contributed by atoms with Crippen molar-refractivity contribution in [1.82, 2.24) is 4.98 Å². The second-order valence-electron chi connectivity index (χ2n) is 5.17. The van der Waals surface area contributed by atoms with E-state index in [0.29, 0.717) is 11.3 Å². The molecule has 0 saturated heterocycles. The number of esters is 1. The molecule has 1 unspecified atom stereocenters. The van der Waals surface area contributed by atoms with E-state index in [2.05, 4.69) is 10.3 Å². The third-order valence-electron chi connectivity index (χ3n) is 3.22. The zero-order valence-corrected chi connectivity index (χ0v) is 14.9. The van der Waals surface area contributed by atoms with Crippen LogP contribution in [0.25, 0.3) is 0 Å². The molecule has 2 rings (SSSR count). The summed E-state index contributed by atoms with van der Waals surface area (Å²) in [5.74, 6) is -1.42. The zero-order valence-electron chi connectivity index (χ0n) is 13.4. The van der Waals surface area contributed by atoms with Gasteiger partial charge in [0.15, 0.2) is 11.9 Å². The van der Waals surface area contributed by atoms with Gasteiger partial charge in [0.05, 0.1) is 10.6 Å². The number of Topliss-reactive ketones (excluding diaryl/α,β-unsaturated/α-hetero) is 1. The highest BCUT2D eigenvalue weighted by Gasteiger charge is 2.20. The van der Waals surface area contributed by atoms with Crippen LogP contribution in [0, 0.1) is 0 Å². The Balaban J connectivity index is 2.02. The van der Waals surface area contributed by atoms with Crippen LogP contribution in [0.2, 0.25) is 10.2 Å². The molecule has 1 aromatic heterocycles. The van der Waals surface area contributed by atoms with Gasteiger partial charge in [0, 0.05) is 17.4 Å². The van der Waals surface area contributed by atoms with Gasteiger partial charge in [0.1, 0.15) is 5.15 Å². The number of ether oxygens (including phenoxy) is 1. The quantitative estimate of drug-likeness (QED) is 0.484. The number of nitrogens with one attached hydrogen (secondary N) is 1. The first kappa shape index (κ1) is 18.9. The fourth-order valence-electron chi connectivity index (χ4n) is 1.87. The third kappa shape index (κ3) is 5.01. The number of anilines is 1. The minimum atomic E-state index is -1.07. The number of carbonyl (C=O) groups is 3. The Morgan fingerprint density at radius 3 is 2.52 bits per heavy atom. The van der Waals surface area contributed by atoms with Gasteiger partial charge in [-0.1, -0.05) is 35.3 Å². The molecule has 1 aromatic carbocycles. The summed E-state index contributed by atoms with van der Waals surface area (Å²) in [6.45, 7) is 2.85. The van der Waals surface area contributed by atoms with Crippen LogP contribution in [0.3, 0.4) is 0 Å². The second-order valence-corrected chi connectivity index (χ2v) is 5.94. The maximum Gasteiger partial charge on any atom is 0.340 e. The molecule has 0 radical (unpaired) electrons. The molecule has 1 N–H and O–H groups in total. The van der Waals surface area contributed by atoms with Gasteiger partial charge in [-0.15, -0.1) is 0 Å². The van der Waals surface area contributed by atoms with Crippen LogP contribution < -0.4 is 5.32 Å². The third-order valence-corrected chi connectivity index (χ3v) is 3.91. The van der Waals surface area contributed by atoms with Crippen LogP contribution in [-0.2, 0) is 9.53 Å². The normalized spacial score (nSPS) is 11.5. The second kappa shape index (κ2) is 8.09. The Kier molecular flexibility index (Phi) is 6.12. The summed E-state index contributed by atoms with van der Waals surface area (Å²) in [5.41, 5.74) is 0.966. The highest BCUT2D eigenvalue weighted by molar-refractivity contribution is 6.41. The van der Waals surface area contributed by atoms with E-state index < -0.39 is 18.0 Å². The van der Waals surface area contributed by atoms with Crippen molar-refractivity contribution in [1.29, 1.82) is 0 Å². The first-order valence-electron chi connectivity index (χ1n) is 7.22. The number of ketones is 1. The Morgan fingerprint density at radius 1 is 1.16 bits per heavy atom. The molecule has 2 aromatic rings. The smallest absolute Gasteiger partial charge is 0.340 e. The van der Waals surface area contributed by atoms with Crippen LogP contribution in [0.4, 0.5) is 5.69 Å². The van der Waals surface area contributed by atoms with Crippen molar-refractivity contribution in [2.24, 2.45) is 0 Å². The summed E-state index contributed by atoms with van der Waals surface area (Å²) in [6.07, 6.45) is 0.139. The van der Waals surface area contributed by atoms with Gasteiger partial charge < -0.3 is 10.1 Å². The van der Waals surface area contributed by atoms with E-state index >= 15 is 0 Å². The largest absolute Gasteiger partial charge is 0.449 e. The highest BCUT2D eigenvalue weighted by Crippen LogP contribution is 2.20. The summed E-state index contributed by atoms with van der Waals surface area (Å²) in [5, 5.41) is 2.75. The first-order chi connectivity index (χ1) is 11.8. The lowest BCUT2D eigenvalue weighted by Crippen LogP contribution is -2.30. The van der Waals surface area contributed by atoms with Gasteiger partial charge in [-0.3, -0.25) is 9.59 Å². The van der Waals surface area contributed by atoms with E-state index in [1.54, 1.807) is 18.2 Å². The predicted molar refractivity (Wildman–Crippen MR) is 94.2 cm³/mol. The molecular formula is C17H14Cl2N2O4. The average molecular weight is 381 g/mol. The lowest BCUT2D eigenvalue weighted by atomic mass is 10.1. The molecule has 6 nitrogen and oxygen atoms in total. The molecule has 0 aliphatic rings. The Bertz CT molecular complexity index is 839. The van der Waals surface area contributed by atoms with Crippen molar-refractivity contribution in [3.63, 3.8) is 0 Å². The van der Waals surface area contributed by atoms with Crippen LogP contribution in [0.5, 0.6) is 0 Å². The molecule has 0 bridgehead atoms. The van der Waals surface area contributed by atoms with Crippen molar-refractivity contribution in [3.8, 4) is 0 Å². The molecule has 8 heteroatoms. The Hall–Kier alpha value is -2.44. The lowest BCUT2D eigenvalue weighted by Gasteiger charge is -2.14. The zero-order chi connectivity index (χ0) is 18.6. The van der Waals surface area contributed by atoms with E-state index in [0.717, 1.165) is 0 Å². The summed E-state index contributed by atoms with van der Waals surface area (Å²) in [7, 11) is 0. The highest BCUT2D eigenvalue weighted by atomic mass is 35.5. The number of halogens is 2. The van der Waals surface area contributed by atoms with Crippen LogP contribution in [0.1, 0.15) is 34.6 Å². The van der Waals surface area contributed by atoms with Gasteiger partial charge in [0.25, 0.3) is 5.91 Å². The van der Waals surface area contributed by atoms with Gasteiger partial charge in [-0.05, 0) is 32.0 Å². The molecule has 0 saturated carbocycles. The fraction of sp³-hybridized carbons (Fsp3) is 0.176. The fourth-order valence-corrected chi connectivity index (χ4v) is 2.14. The first-order valence-corrected chi connectivity index (χ1v) is 7.97. The Labute approximate surface area is 154 Å². The number of aromatic nitrogens is 1. The van der Waals surface area contributed by atoms with Crippen molar-refractivity contribution >= 4 is 46.5 Å². The SMILES string of the molecule is CC(=O)c1cccc(NC(=O)C(C)OC(=O)c2cnc(Cl)c(Cl)c2)c1. The molecule has 0 fully saturated rings. The monoisotopic (exact) mass is 380 g/mol. The molecule has 0 spiro atoms. The molecule has 25 heavy (non-hydrogen) atoms. The van der Waals surface area contributed by atoms with E-state index in [4.69, 9.17) is 27.9 Å². The van der Waals surface area contributed by atoms with Crippen LogP contribution in [0.15, 0.2) is 36.5 Å². The molecule has 1 heterocycles. The van der Waals surface area contributed by atoms with Crippen LogP contribution in [-0.4, -0.2) is 28.7 Å². The van der Waals surface area contributed by atoms with Crippen molar-refractivity contribution in [2.75, 3.05) is 5.32 Å². The summed E-state index contributed by atoms with van der Waals surface area (Å²) < 4.78 is 5.08. The van der Waals surface area contributed by atoms with E-state index in [1.165, 1.54) is 32.2 Å². The predicted octanol–water partition coefficient (Wildman–Crippen LogP) is 3.78. The summed E-state index contributed by atoms with van der Waals surface area (Å²) in [4.78, 5) is 39.3. The Morgan fingerprint density at radius 2 is 1.88 bits per heavy atom. The maximum atomic E-state index is 12.1. The lowest BCUT2D eigenvalue weighted by molar-refractivity contribution is -0.123. The molecule has 130 valence electrons. The summed E-state index contributed by atoms with van der Waals surface area (Å²) in [6, 6.07) is 7.75. The molecular weight excluding hydrogens is 367 g/mol. The van der Waals surface area contributed by atoms with Crippen molar-refractivity contribution in [3.05, 3.63) is 57.8 Å². The molecule has 0 aliphatic heterocycles. The minimum Gasteiger partial charge on any atom is -0.449 e. The number of carbonyl (C=O) groups excluding carboxylic acids is 3. The average Bonchev–Trinajstić information content (AvgIpc) is 2.57. The summed E-state index contributed by atoms with van der Waals surface area (Å²) >= 11 is 11.5. The number of amides is 1. The van der Waals surface area contributed by atoms with E-state index in [1.807, 2.05) is 0 Å². The number of hydrogen-bond acceptors (Lipinski definition) is 5. The van der Waals surface area contributed by atoms with E-state index in [9.17, 15) is 14.4 Å². The van der Waals surface area contributed by atoms with Crippen molar-refractivity contribution in [2.45, 2.75) is 20.0 Å². The number of hydrogen-bond donors (Lipinski definition) is 1. The molecule has 1 amide bonds. The maximum absolute atomic E-state index is 12.1. The van der Waals surface area contributed by atoms with Gasteiger partial charge >= 0.3 is 5.97 Å². The number of pyridine rings is 1. The number of rotatable bonds is 5. The van der Waals surface area contributed by atoms with Gasteiger partial charge in [-0.2, -0.15) is 0 Å². The van der Waals surface area contributed by atoms with Crippen molar-refractivity contribution < 1.29 is 19.1 Å². The minimum absolute atomic E-state index is 0.0642. The number of nitrogens with zero attached hydrogens (tertiary/aromatic N) is 1. The molecule has 0 aliphatic carbocycles. The van der Waals surface area contributed by atoms with Crippen LogP contribution >= 0.6 is 23.2 Å². The number of benzene rings is 1. The standard InChI is InChI=1S/C17H14Cl2N2O4/c1-9(22)11-4-3-5-13(6-11)21-16(23)10(2)25-17(24)12-7-14(18)15(19)20-8-12/h3-8,10H,1-2H3,(H,21,23). The van der Waals surface area contributed by atoms with E-state index in [-0.39, 0.29) is 21.5 Å².